The van der Waals surface area contributed by atoms with Crippen molar-refractivity contribution in [1.82, 2.24) is 25.5 Å². The van der Waals surface area contributed by atoms with E-state index in [1.807, 2.05) is 30.5 Å². The van der Waals surface area contributed by atoms with E-state index in [-0.39, 0.29) is 11.8 Å². The molecule has 4 rings (SSSR count). The number of hydrogen-bond acceptors (Lipinski definition) is 6. The number of aromatic nitrogens is 4. The number of benzene rings is 1. The Kier molecular flexibility index (Phi) is 4.81. The van der Waals surface area contributed by atoms with Gasteiger partial charge in [0.15, 0.2) is 5.69 Å². The molecule has 0 aliphatic rings. The van der Waals surface area contributed by atoms with Crippen LogP contribution in [0.4, 0.5) is 5.69 Å². The van der Waals surface area contributed by atoms with Gasteiger partial charge in [0.2, 0.25) is 0 Å². The van der Waals surface area contributed by atoms with Gasteiger partial charge in [0.05, 0.1) is 10.2 Å². The van der Waals surface area contributed by atoms with Crippen molar-refractivity contribution >= 4 is 39.1 Å². The van der Waals surface area contributed by atoms with E-state index >= 15 is 0 Å². The van der Waals surface area contributed by atoms with Crippen LogP contribution in [0.1, 0.15) is 32.2 Å². The van der Waals surface area contributed by atoms with Gasteiger partial charge < -0.3 is 10.6 Å². The van der Waals surface area contributed by atoms with Gasteiger partial charge in [0, 0.05) is 17.9 Å². The van der Waals surface area contributed by atoms with Crippen molar-refractivity contribution in [1.29, 1.82) is 0 Å². The summed E-state index contributed by atoms with van der Waals surface area (Å²) < 4.78 is 0.770. The highest BCUT2D eigenvalue weighted by Crippen LogP contribution is 2.21. The van der Waals surface area contributed by atoms with E-state index in [2.05, 4.69) is 30.8 Å². The highest BCUT2D eigenvalue weighted by atomic mass is 32.1. The minimum absolute atomic E-state index is 0.249. The Morgan fingerprint density at radius 1 is 1.11 bits per heavy atom. The number of rotatable bonds is 5. The van der Waals surface area contributed by atoms with Crippen molar-refractivity contribution in [3.8, 4) is 0 Å². The molecule has 28 heavy (non-hydrogen) atoms. The summed E-state index contributed by atoms with van der Waals surface area (Å²) in [5.74, 6) is -0.532. The van der Waals surface area contributed by atoms with Crippen LogP contribution >= 0.6 is 11.3 Å². The predicted octanol–water partition coefficient (Wildman–Crippen LogP) is 2.91. The number of aryl methyl sites for hydroxylation is 1. The van der Waals surface area contributed by atoms with Crippen LogP contribution in [0.3, 0.4) is 0 Å². The average molecular weight is 392 g/mol. The monoisotopic (exact) mass is 392 g/mol. The normalized spacial score (nSPS) is 10.8. The third-order valence-corrected chi connectivity index (χ3v) is 4.97. The SMILES string of the molecule is Cc1cc(C(=O)Nc2ccc(CNC(=O)c3ncnc4ccsc34)cc2)n[nH]1. The van der Waals surface area contributed by atoms with Gasteiger partial charge in [-0.1, -0.05) is 12.1 Å². The number of amides is 2. The fraction of sp³-hybridized carbons (Fsp3) is 0.105. The van der Waals surface area contributed by atoms with E-state index in [1.54, 1.807) is 18.2 Å². The van der Waals surface area contributed by atoms with E-state index in [4.69, 9.17) is 0 Å². The molecule has 0 bridgehead atoms. The Labute approximate surface area is 164 Å². The summed E-state index contributed by atoms with van der Waals surface area (Å²) in [6, 6.07) is 10.8. The molecule has 0 unspecified atom stereocenters. The number of aromatic amines is 1. The van der Waals surface area contributed by atoms with Crippen LogP contribution in [0, 0.1) is 6.92 Å². The molecule has 0 saturated carbocycles. The topological polar surface area (TPSA) is 113 Å². The van der Waals surface area contributed by atoms with Crippen molar-refractivity contribution in [2.75, 3.05) is 5.32 Å². The van der Waals surface area contributed by atoms with Gasteiger partial charge in [-0.25, -0.2) is 9.97 Å². The van der Waals surface area contributed by atoms with Crippen LogP contribution in [0.2, 0.25) is 0 Å². The van der Waals surface area contributed by atoms with Crippen LogP contribution < -0.4 is 10.6 Å². The molecule has 9 heteroatoms. The first-order valence-electron chi connectivity index (χ1n) is 8.49. The summed E-state index contributed by atoms with van der Waals surface area (Å²) in [5.41, 5.74) is 3.84. The largest absolute Gasteiger partial charge is 0.347 e. The Bertz CT molecular complexity index is 1150. The van der Waals surface area contributed by atoms with Crippen LogP contribution in [0.15, 0.2) is 48.1 Å². The number of hydrogen-bond donors (Lipinski definition) is 3. The molecule has 2 amide bonds. The summed E-state index contributed by atoms with van der Waals surface area (Å²) >= 11 is 1.44. The predicted molar refractivity (Wildman–Crippen MR) is 106 cm³/mol. The lowest BCUT2D eigenvalue weighted by atomic mass is 10.2. The first kappa shape index (κ1) is 17.8. The molecule has 8 nitrogen and oxygen atoms in total. The summed E-state index contributed by atoms with van der Waals surface area (Å²) in [7, 11) is 0. The number of thiophene rings is 1. The van der Waals surface area contributed by atoms with Gasteiger partial charge in [0.1, 0.15) is 12.0 Å². The maximum Gasteiger partial charge on any atom is 0.276 e. The Balaban J connectivity index is 1.37. The molecule has 3 heterocycles. The number of nitrogens with zero attached hydrogens (tertiary/aromatic N) is 3. The van der Waals surface area contributed by atoms with Gasteiger partial charge >= 0.3 is 0 Å². The maximum atomic E-state index is 12.4. The third-order valence-electron chi connectivity index (χ3n) is 4.06. The second-order valence-corrected chi connectivity index (χ2v) is 7.04. The number of fused-ring (bicyclic) bond motifs is 1. The Morgan fingerprint density at radius 2 is 1.93 bits per heavy atom. The molecule has 0 spiro atoms. The van der Waals surface area contributed by atoms with Gasteiger partial charge in [-0.3, -0.25) is 14.7 Å². The molecule has 140 valence electrons. The summed E-state index contributed by atoms with van der Waals surface area (Å²) in [6.45, 7) is 2.18. The molecule has 0 atom stereocenters. The first-order chi connectivity index (χ1) is 13.6. The van der Waals surface area contributed by atoms with E-state index in [0.717, 1.165) is 21.5 Å². The minimum Gasteiger partial charge on any atom is -0.347 e. The number of H-pyrrole nitrogens is 1. The molecule has 0 saturated heterocycles. The minimum atomic E-state index is -0.283. The van der Waals surface area contributed by atoms with Gasteiger partial charge in [-0.2, -0.15) is 5.10 Å². The van der Waals surface area contributed by atoms with Gasteiger partial charge in [-0.05, 0) is 42.1 Å². The fourth-order valence-corrected chi connectivity index (χ4v) is 3.48. The van der Waals surface area contributed by atoms with Crippen LogP contribution in [0.25, 0.3) is 10.2 Å². The zero-order chi connectivity index (χ0) is 19.5. The van der Waals surface area contributed by atoms with E-state index < -0.39 is 0 Å². The molecular weight excluding hydrogens is 376 g/mol. The molecule has 0 aliphatic heterocycles. The van der Waals surface area contributed by atoms with E-state index in [9.17, 15) is 9.59 Å². The number of anilines is 1. The number of carbonyl (C=O) groups excluding carboxylic acids is 2. The smallest absolute Gasteiger partial charge is 0.276 e. The van der Waals surface area contributed by atoms with E-state index in [0.29, 0.717) is 23.6 Å². The van der Waals surface area contributed by atoms with Crippen molar-refractivity contribution in [2.24, 2.45) is 0 Å². The quantitative estimate of drug-likeness (QED) is 0.483. The maximum absolute atomic E-state index is 12.4. The van der Waals surface area contributed by atoms with Gasteiger partial charge in [0.25, 0.3) is 11.8 Å². The van der Waals surface area contributed by atoms with Crippen molar-refractivity contribution < 1.29 is 9.59 Å². The highest BCUT2D eigenvalue weighted by Gasteiger charge is 2.13. The molecular formula is C19H16N6O2S. The van der Waals surface area contributed by atoms with Crippen LogP contribution in [0.5, 0.6) is 0 Å². The summed E-state index contributed by atoms with van der Waals surface area (Å²) in [5, 5.41) is 14.2. The van der Waals surface area contributed by atoms with Crippen molar-refractivity contribution in [2.45, 2.75) is 13.5 Å². The molecule has 0 radical (unpaired) electrons. The molecule has 4 aromatic rings. The fourth-order valence-electron chi connectivity index (χ4n) is 2.65. The average Bonchev–Trinajstić information content (AvgIpc) is 3.35. The molecule has 3 aromatic heterocycles. The Hall–Kier alpha value is -3.59. The van der Waals surface area contributed by atoms with Crippen LogP contribution in [-0.2, 0) is 6.54 Å². The lowest BCUT2D eigenvalue weighted by Gasteiger charge is -2.07. The van der Waals surface area contributed by atoms with Crippen molar-refractivity contribution in [3.05, 3.63) is 70.8 Å². The first-order valence-corrected chi connectivity index (χ1v) is 9.37. The lowest BCUT2D eigenvalue weighted by Crippen LogP contribution is -2.24. The zero-order valence-electron chi connectivity index (χ0n) is 14.9. The second kappa shape index (κ2) is 7.57. The van der Waals surface area contributed by atoms with E-state index in [1.165, 1.54) is 17.7 Å². The molecule has 0 fully saturated rings. The molecule has 0 aliphatic carbocycles. The molecule has 3 N–H and O–H groups in total. The van der Waals surface area contributed by atoms with Gasteiger partial charge in [-0.15, -0.1) is 11.3 Å². The second-order valence-electron chi connectivity index (χ2n) is 6.13. The number of carbonyl (C=O) groups is 2. The Morgan fingerprint density at radius 3 is 2.68 bits per heavy atom. The number of nitrogens with one attached hydrogen (secondary N) is 3. The van der Waals surface area contributed by atoms with Crippen molar-refractivity contribution in [3.63, 3.8) is 0 Å². The standard InChI is InChI=1S/C19H16N6O2S/c1-11-8-15(25-24-11)18(26)23-13-4-2-12(3-5-13)9-20-19(27)16-17-14(6-7-28-17)21-10-22-16/h2-8,10H,9H2,1H3,(H,20,27)(H,23,26)(H,24,25). The van der Waals surface area contributed by atoms with Crippen LogP contribution in [-0.4, -0.2) is 32.0 Å². The molecule has 1 aromatic carbocycles. The summed E-state index contributed by atoms with van der Waals surface area (Å²) in [6.07, 6.45) is 1.39. The third kappa shape index (κ3) is 3.74. The highest BCUT2D eigenvalue weighted by molar-refractivity contribution is 7.17. The zero-order valence-corrected chi connectivity index (χ0v) is 15.7. The lowest BCUT2D eigenvalue weighted by molar-refractivity contribution is 0.0947. The summed E-state index contributed by atoms with van der Waals surface area (Å²) in [4.78, 5) is 32.8.